The van der Waals surface area contributed by atoms with E-state index in [1.54, 1.807) is 18.2 Å². The Hall–Kier alpha value is -1.79. The van der Waals surface area contributed by atoms with Crippen molar-refractivity contribution < 1.29 is 8.91 Å². The molecule has 0 saturated heterocycles. The second kappa shape index (κ2) is 7.28. The van der Waals surface area contributed by atoms with Gasteiger partial charge in [-0.25, -0.2) is 4.39 Å². The minimum absolute atomic E-state index is 0.273. The number of benzene rings is 1. The Morgan fingerprint density at radius 1 is 1.29 bits per heavy atom. The van der Waals surface area contributed by atoms with Crippen LogP contribution in [0.4, 0.5) is 4.39 Å². The van der Waals surface area contributed by atoms with E-state index in [1.165, 1.54) is 6.07 Å². The SMILES string of the molecule is CCN(CC)CC(N)c1noc(Cc2ccccc2F)n1. The van der Waals surface area contributed by atoms with Crippen LogP contribution >= 0.6 is 0 Å². The van der Waals surface area contributed by atoms with Crippen molar-refractivity contribution in [3.63, 3.8) is 0 Å². The summed E-state index contributed by atoms with van der Waals surface area (Å²) in [6.45, 7) is 6.67. The first-order valence-electron chi connectivity index (χ1n) is 7.17. The van der Waals surface area contributed by atoms with Gasteiger partial charge in [0.15, 0.2) is 5.82 Å². The highest BCUT2D eigenvalue weighted by molar-refractivity contribution is 5.20. The minimum Gasteiger partial charge on any atom is -0.339 e. The number of aromatic nitrogens is 2. The van der Waals surface area contributed by atoms with Crippen molar-refractivity contribution in [1.29, 1.82) is 0 Å². The van der Waals surface area contributed by atoms with Gasteiger partial charge in [0.25, 0.3) is 0 Å². The Morgan fingerprint density at radius 3 is 2.67 bits per heavy atom. The van der Waals surface area contributed by atoms with Crippen LogP contribution in [0.15, 0.2) is 28.8 Å². The molecule has 0 spiro atoms. The highest BCUT2D eigenvalue weighted by atomic mass is 19.1. The molecule has 0 saturated carbocycles. The van der Waals surface area contributed by atoms with Crippen LogP contribution in [0.3, 0.4) is 0 Å². The van der Waals surface area contributed by atoms with Crippen molar-refractivity contribution in [2.45, 2.75) is 26.3 Å². The lowest BCUT2D eigenvalue weighted by atomic mass is 10.1. The Balaban J connectivity index is 2.02. The monoisotopic (exact) mass is 292 g/mol. The fourth-order valence-corrected chi connectivity index (χ4v) is 2.14. The van der Waals surface area contributed by atoms with Crippen LogP contribution in [0.2, 0.25) is 0 Å². The number of hydrogen-bond acceptors (Lipinski definition) is 5. The topological polar surface area (TPSA) is 68.2 Å². The summed E-state index contributed by atoms with van der Waals surface area (Å²) in [5.41, 5.74) is 6.62. The fourth-order valence-electron chi connectivity index (χ4n) is 2.14. The van der Waals surface area contributed by atoms with Crippen LogP contribution in [-0.2, 0) is 6.42 Å². The molecule has 0 aliphatic heterocycles. The molecule has 1 atom stereocenters. The van der Waals surface area contributed by atoms with Gasteiger partial charge < -0.3 is 15.2 Å². The number of halogens is 1. The fraction of sp³-hybridized carbons (Fsp3) is 0.467. The standard InChI is InChI=1S/C15H21FN4O/c1-3-20(4-2)10-13(17)15-18-14(21-19-15)9-11-7-5-6-8-12(11)16/h5-8,13H,3-4,9-10,17H2,1-2H3. The molecule has 0 radical (unpaired) electrons. The maximum atomic E-state index is 13.6. The Labute approximate surface area is 123 Å². The first kappa shape index (κ1) is 15.6. The van der Waals surface area contributed by atoms with Gasteiger partial charge in [0.1, 0.15) is 5.82 Å². The molecule has 114 valence electrons. The van der Waals surface area contributed by atoms with Crippen molar-refractivity contribution >= 4 is 0 Å². The van der Waals surface area contributed by atoms with Crippen LogP contribution in [-0.4, -0.2) is 34.7 Å². The lowest BCUT2D eigenvalue weighted by Crippen LogP contribution is -2.32. The lowest BCUT2D eigenvalue weighted by Gasteiger charge is -2.20. The highest BCUT2D eigenvalue weighted by Gasteiger charge is 2.17. The summed E-state index contributed by atoms with van der Waals surface area (Å²) in [5, 5.41) is 3.90. The van der Waals surface area contributed by atoms with Crippen molar-refractivity contribution in [2.24, 2.45) is 5.73 Å². The summed E-state index contributed by atoms with van der Waals surface area (Å²) in [5.74, 6) is 0.572. The van der Waals surface area contributed by atoms with E-state index in [9.17, 15) is 4.39 Å². The molecule has 2 aromatic rings. The van der Waals surface area contributed by atoms with E-state index in [1.807, 2.05) is 0 Å². The van der Waals surface area contributed by atoms with E-state index in [4.69, 9.17) is 10.3 Å². The third kappa shape index (κ3) is 4.09. The normalized spacial score (nSPS) is 12.8. The van der Waals surface area contributed by atoms with Crippen LogP contribution in [0.1, 0.15) is 37.2 Å². The highest BCUT2D eigenvalue weighted by Crippen LogP contribution is 2.14. The Morgan fingerprint density at radius 2 is 2.00 bits per heavy atom. The van der Waals surface area contributed by atoms with Crippen molar-refractivity contribution in [3.05, 3.63) is 47.4 Å². The summed E-state index contributed by atoms with van der Waals surface area (Å²) >= 11 is 0. The molecule has 0 fully saturated rings. The van der Waals surface area contributed by atoms with E-state index in [-0.39, 0.29) is 18.3 Å². The third-order valence-corrected chi connectivity index (χ3v) is 3.46. The summed E-state index contributed by atoms with van der Waals surface area (Å²) < 4.78 is 18.8. The molecule has 0 aliphatic rings. The largest absolute Gasteiger partial charge is 0.339 e. The van der Waals surface area contributed by atoms with Crippen LogP contribution in [0, 0.1) is 5.82 Å². The molecule has 1 unspecified atom stereocenters. The number of nitrogens with two attached hydrogens (primary N) is 1. The lowest BCUT2D eigenvalue weighted by molar-refractivity contribution is 0.277. The zero-order valence-corrected chi connectivity index (χ0v) is 12.4. The average molecular weight is 292 g/mol. The van der Waals surface area contributed by atoms with Gasteiger partial charge in [0, 0.05) is 6.54 Å². The molecule has 6 heteroatoms. The predicted octanol–water partition coefficient (Wildman–Crippen LogP) is 2.14. The van der Waals surface area contributed by atoms with Gasteiger partial charge in [-0.2, -0.15) is 4.98 Å². The van der Waals surface area contributed by atoms with Crippen molar-refractivity contribution in [1.82, 2.24) is 15.0 Å². The van der Waals surface area contributed by atoms with Crippen molar-refractivity contribution in [2.75, 3.05) is 19.6 Å². The molecule has 0 bridgehead atoms. The van der Waals surface area contributed by atoms with Gasteiger partial charge in [-0.15, -0.1) is 0 Å². The second-order valence-corrected chi connectivity index (χ2v) is 4.91. The molecule has 2 N–H and O–H groups in total. The molecule has 0 aliphatic carbocycles. The number of likely N-dealkylation sites (N-methyl/N-ethyl adjacent to an activating group) is 1. The van der Waals surface area contributed by atoms with E-state index in [0.717, 1.165) is 13.1 Å². The van der Waals surface area contributed by atoms with Gasteiger partial charge in [-0.05, 0) is 24.7 Å². The summed E-state index contributed by atoms with van der Waals surface area (Å²) in [6.07, 6.45) is 0.275. The zero-order chi connectivity index (χ0) is 15.2. The molecule has 21 heavy (non-hydrogen) atoms. The first-order valence-corrected chi connectivity index (χ1v) is 7.17. The van der Waals surface area contributed by atoms with E-state index in [0.29, 0.717) is 23.8 Å². The summed E-state index contributed by atoms with van der Waals surface area (Å²) in [4.78, 5) is 6.46. The third-order valence-electron chi connectivity index (χ3n) is 3.46. The van der Waals surface area contributed by atoms with Gasteiger partial charge >= 0.3 is 0 Å². The summed E-state index contributed by atoms with van der Waals surface area (Å²) in [6, 6.07) is 6.25. The maximum Gasteiger partial charge on any atom is 0.231 e. The molecule has 1 heterocycles. The van der Waals surface area contributed by atoms with Crippen LogP contribution in [0.25, 0.3) is 0 Å². The van der Waals surface area contributed by atoms with E-state index in [2.05, 4.69) is 28.9 Å². The van der Waals surface area contributed by atoms with Gasteiger partial charge in [-0.3, -0.25) is 0 Å². The van der Waals surface area contributed by atoms with E-state index >= 15 is 0 Å². The molecule has 2 rings (SSSR count). The van der Waals surface area contributed by atoms with Crippen molar-refractivity contribution in [3.8, 4) is 0 Å². The Bertz CT molecular complexity index is 568. The molecule has 5 nitrogen and oxygen atoms in total. The second-order valence-electron chi connectivity index (χ2n) is 4.91. The van der Waals surface area contributed by atoms with Gasteiger partial charge in [-0.1, -0.05) is 37.2 Å². The smallest absolute Gasteiger partial charge is 0.231 e. The quantitative estimate of drug-likeness (QED) is 0.846. The average Bonchev–Trinajstić information content (AvgIpc) is 2.95. The molecule has 0 amide bonds. The van der Waals surface area contributed by atoms with Crippen LogP contribution in [0.5, 0.6) is 0 Å². The minimum atomic E-state index is -0.303. The molecule has 1 aromatic carbocycles. The zero-order valence-electron chi connectivity index (χ0n) is 12.4. The first-order chi connectivity index (χ1) is 10.1. The molecule has 1 aromatic heterocycles. The van der Waals surface area contributed by atoms with E-state index < -0.39 is 0 Å². The number of rotatable bonds is 7. The predicted molar refractivity (Wildman–Crippen MR) is 78.2 cm³/mol. The van der Waals surface area contributed by atoms with Crippen LogP contribution < -0.4 is 5.73 Å². The maximum absolute atomic E-state index is 13.6. The van der Waals surface area contributed by atoms with Gasteiger partial charge in [0.05, 0.1) is 12.5 Å². The summed E-state index contributed by atoms with van der Waals surface area (Å²) in [7, 11) is 0. The molecular weight excluding hydrogens is 271 g/mol. The molecular formula is C15H21FN4O. The number of hydrogen-bond donors (Lipinski definition) is 1. The Kier molecular flexibility index (Phi) is 5.41. The van der Waals surface area contributed by atoms with Gasteiger partial charge in [0.2, 0.25) is 5.89 Å². The number of nitrogens with zero attached hydrogens (tertiary/aromatic N) is 3.